The smallest absolute Gasteiger partial charge is 0.224 e. The number of hydrogen-bond acceptors (Lipinski definition) is 4. The number of aromatic nitrogens is 2. The second-order valence-corrected chi connectivity index (χ2v) is 4.73. The monoisotopic (exact) mass is 324 g/mol. The summed E-state index contributed by atoms with van der Waals surface area (Å²) in [6.07, 6.45) is 4.42. The van der Waals surface area contributed by atoms with E-state index in [4.69, 9.17) is 10.5 Å². The third-order valence-corrected chi connectivity index (χ3v) is 3.12. The number of methoxy groups -OCH3 is 1. The lowest BCUT2D eigenvalue weighted by atomic mass is 10.1. The van der Waals surface area contributed by atoms with E-state index in [2.05, 4.69) is 10.4 Å². The molecule has 0 atom stereocenters. The van der Waals surface area contributed by atoms with Crippen molar-refractivity contribution in [3.8, 4) is 0 Å². The molecule has 0 aliphatic carbocycles. The zero-order chi connectivity index (χ0) is 15.1. The summed E-state index contributed by atoms with van der Waals surface area (Å²) in [5.41, 5.74) is 8.25. The van der Waals surface area contributed by atoms with Crippen molar-refractivity contribution in [2.45, 2.75) is 19.4 Å². The van der Waals surface area contributed by atoms with Crippen LogP contribution >= 0.6 is 12.4 Å². The molecule has 22 heavy (non-hydrogen) atoms. The van der Waals surface area contributed by atoms with Gasteiger partial charge >= 0.3 is 0 Å². The van der Waals surface area contributed by atoms with Crippen molar-refractivity contribution in [3.63, 3.8) is 0 Å². The van der Waals surface area contributed by atoms with Crippen LogP contribution in [0.3, 0.4) is 0 Å². The predicted molar refractivity (Wildman–Crippen MR) is 89.2 cm³/mol. The molecule has 1 aromatic heterocycles. The molecule has 0 bridgehead atoms. The highest BCUT2D eigenvalue weighted by molar-refractivity contribution is 5.90. The summed E-state index contributed by atoms with van der Waals surface area (Å²) in [6, 6.07) is 7.58. The Morgan fingerprint density at radius 2 is 2.18 bits per heavy atom. The molecule has 6 nitrogen and oxygen atoms in total. The average Bonchev–Trinajstić information content (AvgIpc) is 2.91. The molecule has 0 saturated heterocycles. The number of nitrogens with two attached hydrogens (primary N) is 1. The summed E-state index contributed by atoms with van der Waals surface area (Å²) in [6.45, 7) is 1.25. The summed E-state index contributed by atoms with van der Waals surface area (Å²) < 4.78 is 6.71. The van der Waals surface area contributed by atoms with Crippen LogP contribution in [0.15, 0.2) is 36.7 Å². The highest BCUT2D eigenvalue weighted by atomic mass is 35.5. The van der Waals surface area contributed by atoms with Crippen molar-refractivity contribution < 1.29 is 9.53 Å². The quantitative estimate of drug-likeness (QED) is 0.764. The molecule has 0 radical (unpaired) electrons. The molecular formula is C15H21ClN4O2. The number of carbonyl (C=O) groups is 1. The van der Waals surface area contributed by atoms with Gasteiger partial charge in [-0.3, -0.25) is 9.48 Å². The van der Waals surface area contributed by atoms with E-state index in [1.54, 1.807) is 24.2 Å². The predicted octanol–water partition coefficient (Wildman–Crippen LogP) is 2.10. The number of nitrogen functional groups attached to an aromatic ring is 1. The van der Waals surface area contributed by atoms with E-state index in [9.17, 15) is 4.79 Å². The van der Waals surface area contributed by atoms with Gasteiger partial charge in [0, 0.05) is 25.4 Å². The Balaban J connectivity index is 0.00000242. The third-order valence-electron chi connectivity index (χ3n) is 3.12. The van der Waals surface area contributed by atoms with Crippen LogP contribution in [-0.2, 0) is 22.5 Å². The number of halogens is 1. The maximum Gasteiger partial charge on any atom is 0.224 e. The molecule has 3 N–H and O–H groups in total. The number of hydrogen-bond donors (Lipinski definition) is 2. The van der Waals surface area contributed by atoms with Crippen LogP contribution in [0.25, 0.3) is 0 Å². The first-order valence-electron chi connectivity index (χ1n) is 6.83. The number of benzene rings is 1. The van der Waals surface area contributed by atoms with Crippen LogP contribution in [0.5, 0.6) is 0 Å². The summed E-state index contributed by atoms with van der Waals surface area (Å²) >= 11 is 0. The Bertz CT molecular complexity index is 601. The molecule has 1 aromatic carbocycles. The largest absolute Gasteiger partial charge is 0.399 e. The molecule has 2 aromatic rings. The van der Waals surface area contributed by atoms with E-state index in [0.29, 0.717) is 31.7 Å². The molecule has 0 spiro atoms. The molecule has 1 heterocycles. The number of carbonyl (C=O) groups excluding carboxylic acids is 1. The minimum Gasteiger partial charge on any atom is -0.399 e. The van der Waals surface area contributed by atoms with Crippen LogP contribution in [0, 0.1) is 0 Å². The first kappa shape index (κ1) is 18.0. The lowest BCUT2D eigenvalue weighted by Crippen LogP contribution is -2.12. The van der Waals surface area contributed by atoms with Crippen LogP contribution in [-0.4, -0.2) is 29.4 Å². The Labute approximate surface area is 136 Å². The van der Waals surface area contributed by atoms with E-state index >= 15 is 0 Å². The van der Waals surface area contributed by atoms with Gasteiger partial charge in [0.1, 0.15) is 0 Å². The Hall–Kier alpha value is -2.05. The fraction of sp³-hybridized carbons (Fsp3) is 0.333. The summed E-state index contributed by atoms with van der Waals surface area (Å²) in [4.78, 5) is 11.9. The third kappa shape index (κ3) is 5.38. The van der Waals surface area contributed by atoms with E-state index in [1.807, 2.05) is 24.3 Å². The van der Waals surface area contributed by atoms with Gasteiger partial charge in [0.15, 0.2) is 0 Å². The number of anilines is 2. The molecule has 0 unspecified atom stereocenters. The zero-order valence-electron chi connectivity index (χ0n) is 12.5. The maximum absolute atomic E-state index is 11.9. The molecule has 0 saturated carbocycles. The zero-order valence-corrected chi connectivity index (χ0v) is 13.3. The molecule has 2 rings (SSSR count). The van der Waals surface area contributed by atoms with Crippen molar-refractivity contribution in [2.75, 3.05) is 24.8 Å². The van der Waals surface area contributed by atoms with Gasteiger partial charge in [0.05, 0.1) is 25.0 Å². The summed E-state index contributed by atoms with van der Waals surface area (Å²) in [5.74, 6) is -0.0513. The van der Waals surface area contributed by atoms with Gasteiger partial charge in [0.25, 0.3) is 0 Å². The molecule has 0 fully saturated rings. The van der Waals surface area contributed by atoms with Gasteiger partial charge in [-0.05, 0) is 18.1 Å². The molecule has 120 valence electrons. The fourth-order valence-corrected chi connectivity index (χ4v) is 1.97. The van der Waals surface area contributed by atoms with Crippen molar-refractivity contribution in [3.05, 3.63) is 42.2 Å². The topological polar surface area (TPSA) is 82.2 Å². The summed E-state index contributed by atoms with van der Waals surface area (Å²) in [5, 5.41) is 6.97. The number of aryl methyl sites for hydroxylation is 1. The number of nitrogens with zero attached hydrogens (tertiary/aromatic N) is 2. The molecular weight excluding hydrogens is 304 g/mol. The second-order valence-electron chi connectivity index (χ2n) is 4.73. The van der Waals surface area contributed by atoms with E-state index in [0.717, 1.165) is 11.3 Å². The number of amides is 1. The van der Waals surface area contributed by atoms with Crippen LogP contribution in [0.1, 0.15) is 12.0 Å². The van der Waals surface area contributed by atoms with E-state index in [1.165, 1.54) is 0 Å². The van der Waals surface area contributed by atoms with Gasteiger partial charge < -0.3 is 15.8 Å². The lowest BCUT2D eigenvalue weighted by molar-refractivity contribution is -0.116. The SMILES string of the molecule is COCCn1cc(NC(=O)CCc2ccccc2N)cn1.Cl. The van der Waals surface area contributed by atoms with Crippen LogP contribution in [0.2, 0.25) is 0 Å². The number of rotatable bonds is 7. The minimum atomic E-state index is -0.0513. The Morgan fingerprint density at radius 3 is 2.91 bits per heavy atom. The molecule has 7 heteroatoms. The first-order chi connectivity index (χ1) is 10.2. The van der Waals surface area contributed by atoms with Gasteiger partial charge in [-0.1, -0.05) is 18.2 Å². The second kappa shape index (κ2) is 9.07. The minimum absolute atomic E-state index is 0. The van der Waals surface area contributed by atoms with Crippen molar-refractivity contribution >= 4 is 29.7 Å². The van der Waals surface area contributed by atoms with Gasteiger partial charge in [-0.25, -0.2) is 0 Å². The van der Waals surface area contributed by atoms with Crippen LogP contribution < -0.4 is 11.1 Å². The summed E-state index contributed by atoms with van der Waals surface area (Å²) in [7, 11) is 1.64. The molecule has 1 amide bonds. The molecule has 0 aliphatic heterocycles. The van der Waals surface area contributed by atoms with Gasteiger partial charge in [-0.15, -0.1) is 12.4 Å². The van der Waals surface area contributed by atoms with E-state index < -0.39 is 0 Å². The van der Waals surface area contributed by atoms with Crippen LogP contribution in [0.4, 0.5) is 11.4 Å². The highest BCUT2D eigenvalue weighted by Gasteiger charge is 2.06. The van der Waals surface area contributed by atoms with E-state index in [-0.39, 0.29) is 18.3 Å². The number of ether oxygens (including phenoxy) is 1. The maximum atomic E-state index is 11.9. The van der Waals surface area contributed by atoms with Crippen molar-refractivity contribution in [1.29, 1.82) is 0 Å². The molecule has 0 aliphatic rings. The lowest BCUT2D eigenvalue weighted by Gasteiger charge is -2.05. The van der Waals surface area contributed by atoms with Crippen molar-refractivity contribution in [2.24, 2.45) is 0 Å². The average molecular weight is 325 g/mol. The Kier molecular flexibility index (Phi) is 7.42. The highest BCUT2D eigenvalue weighted by Crippen LogP contribution is 2.13. The van der Waals surface area contributed by atoms with Gasteiger partial charge in [-0.2, -0.15) is 5.10 Å². The number of para-hydroxylation sites is 1. The van der Waals surface area contributed by atoms with Gasteiger partial charge in [0.2, 0.25) is 5.91 Å². The fourth-order valence-electron chi connectivity index (χ4n) is 1.97. The number of nitrogens with one attached hydrogen (secondary N) is 1. The normalized spacial score (nSPS) is 10.0. The first-order valence-corrected chi connectivity index (χ1v) is 6.83. The van der Waals surface area contributed by atoms with Crippen molar-refractivity contribution in [1.82, 2.24) is 9.78 Å². The standard InChI is InChI=1S/C15H20N4O2.ClH/c1-21-9-8-19-11-13(10-17-19)18-15(20)7-6-12-4-2-3-5-14(12)16;/h2-5,10-11H,6-9,16H2,1H3,(H,18,20);1H. The Morgan fingerprint density at radius 1 is 1.41 bits per heavy atom.